The van der Waals surface area contributed by atoms with Crippen LogP contribution in [0, 0.1) is 0 Å². The lowest BCUT2D eigenvalue weighted by Crippen LogP contribution is -2.10. The van der Waals surface area contributed by atoms with Crippen molar-refractivity contribution in [1.82, 2.24) is 0 Å². The highest BCUT2D eigenvalue weighted by Gasteiger charge is 2.15. The van der Waals surface area contributed by atoms with Gasteiger partial charge in [0, 0.05) is 12.1 Å². The van der Waals surface area contributed by atoms with Crippen LogP contribution in [0.2, 0.25) is 0 Å². The molecule has 1 aliphatic rings. The molecule has 1 aliphatic carbocycles. The summed E-state index contributed by atoms with van der Waals surface area (Å²) in [5.41, 5.74) is 9.50. The monoisotopic (exact) mass is 251 g/mol. The first-order valence-corrected chi connectivity index (χ1v) is 5.62. The Morgan fingerprint density at radius 3 is 2.94 bits per heavy atom. The number of hydrogen-bond acceptors (Lipinski definition) is 2. The lowest BCUT2D eigenvalue weighted by atomic mass is 9.90. The molecule has 2 nitrogen and oxygen atoms in total. The van der Waals surface area contributed by atoms with Gasteiger partial charge in [0.15, 0.2) is 0 Å². The number of fused-ring (bicyclic) bond motifs is 1. The number of hydrogen-bond donors (Lipinski definition) is 1. The van der Waals surface area contributed by atoms with Gasteiger partial charge >= 0.3 is 0 Å². The fraction of sp³-hybridized carbons (Fsp3) is 0.286. The van der Waals surface area contributed by atoms with Gasteiger partial charge in [-0.2, -0.15) is 0 Å². The first kappa shape index (κ1) is 13.8. The minimum Gasteiger partial charge on any atom is -0.489 e. The Morgan fingerprint density at radius 2 is 2.24 bits per heavy atom. The smallest absolute Gasteiger partial charge is 0.123 e. The SMILES string of the molecule is C=CCOc1cccc2c1CCC=C2CN.Cl. The predicted molar refractivity (Wildman–Crippen MR) is 74.7 cm³/mol. The molecule has 0 saturated heterocycles. The zero-order valence-corrected chi connectivity index (χ0v) is 10.6. The number of nitrogens with two attached hydrogens (primary N) is 1. The van der Waals surface area contributed by atoms with E-state index in [9.17, 15) is 0 Å². The van der Waals surface area contributed by atoms with Gasteiger partial charge in [0.25, 0.3) is 0 Å². The number of allylic oxidation sites excluding steroid dienone is 1. The van der Waals surface area contributed by atoms with Crippen molar-refractivity contribution in [3.63, 3.8) is 0 Å². The van der Waals surface area contributed by atoms with Gasteiger partial charge in [-0.05, 0) is 30.0 Å². The van der Waals surface area contributed by atoms with Gasteiger partial charge in [-0.25, -0.2) is 0 Å². The number of ether oxygens (including phenoxy) is 1. The molecule has 0 saturated carbocycles. The lowest BCUT2D eigenvalue weighted by Gasteiger charge is -2.19. The van der Waals surface area contributed by atoms with Crippen LogP contribution in [-0.4, -0.2) is 13.2 Å². The first-order chi connectivity index (χ1) is 7.86. The molecule has 0 aliphatic heterocycles. The molecule has 0 fully saturated rings. The summed E-state index contributed by atoms with van der Waals surface area (Å²) in [6, 6.07) is 6.15. The maximum atomic E-state index is 5.74. The standard InChI is InChI=1S/C14H17NO.ClH/c1-2-9-16-14-8-4-6-12-11(10-15)5-3-7-13(12)14;/h2,4-6,8H,1,3,7,9-10,15H2;1H. The van der Waals surface area contributed by atoms with Crippen molar-refractivity contribution in [3.05, 3.63) is 48.1 Å². The van der Waals surface area contributed by atoms with Gasteiger partial charge in [-0.15, -0.1) is 12.4 Å². The molecule has 0 amide bonds. The second-order valence-electron chi connectivity index (χ2n) is 3.85. The Bertz CT molecular complexity index is 426. The minimum atomic E-state index is 0. The van der Waals surface area contributed by atoms with Crippen LogP contribution in [0.1, 0.15) is 17.5 Å². The highest BCUT2D eigenvalue weighted by Crippen LogP contribution is 2.32. The van der Waals surface area contributed by atoms with Gasteiger partial charge < -0.3 is 10.5 Å². The average Bonchev–Trinajstić information content (AvgIpc) is 2.35. The quantitative estimate of drug-likeness (QED) is 0.835. The van der Waals surface area contributed by atoms with Gasteiger partial charge in [-0.1, -0.05) is 30.9 Å². The van der Waals surface area contributed by atoms with Crippen molar-refractivity contribution >= 4 is 18.0 Å². The van der Waals surface area contributed by atoms with E-state index in [1.165, 1.54) is 16.7 Å². The summed E-state index contributed by atoms with van der Waals surface area (Å²) in [5.74, 6) is 0.969. The molecule has 0 bridgehead atoms. The van der Waals surface area contributed by atoms with Crippen LogP contribution in [0.25, 0.3) is 5.57 Å². The molecule has 17 heavy (non-hydrogen) atoms. The fourth-order valence-corrected chi connectivity index (χ4v) is 2.10. The summed E-state index contributed by atoms with van der Waals surface area (Å²) in [5, 5.41) is 0. The van der Waals surface area contributed by atoms with Crippen LogP contribution < -0.4 is 10.5 Å². The lowest BCUT2D eigenvalue weighted by molar-refractivity contribution is 0.359. The molecule has 1 aromatic rings. The molecule has 0 radical (unpaired) electrons. The second kappa shape index (κ2) is 6.48. The average molecular weight is 252 g/mol. The number of benzene rings is 1. The van der Waals surface area contributed by atoms with E-state index in [0.29, 0.717) is 13.2 Å². The Kier molecular flexibility index (Phi) is 5.26. The van der Waals surface area contributed by atoms with E-state index in [-0.39, 0.29) is 12.4 Å². The fourth-order valence-electron chi connectivity index (χ4n) is 2.10. The molecule has 3 heteroatoms. The first-order valence-electron chi connectivity index (χ1n) is 5.62. The largest absolute Gasteiger partial charge is 0.489 e. The summed E-state index contributed by atoms with van der Waals surface area (Å²) < 4.78 is 5.66. The van der Waals surface area contributed by atoms with Crippen LogP contribution in [0.5, 0.6) is 5.75 Å². The van der Waals surface area contributed by atoms with Crippen molar-refractivity contribution in [2.24, 2.45) is 5.73 Å². The topological polar surface area (TPSA) is 35.2 Å². The van der Waals surface area contributed by atoms with Crippen LogP contribution >= 0.6 is 12.4 Å². The van der Waals surface area contributed by atoms with Crippen LogP contribution in [0.3, 0.4) is 0 Å². The molecule has 0 spiro atoms. The molecular weight excluding hydrogens is 234 g/mol. The molecule has 2 N–H and O–H groups in total. The minimum absolute atomic E-state index is 0. The van der Waals surface area contributed by atoms with Crippen molar-refractivity contribution < 1.29 is 4.74 Å². The van der Waals surface area contributed by atoms with Crippen LogP contribution in [-0.2, 0) is 6.42 Å². The van der Waals surface area contributed by atoms with E-state index in [1.807, 2.05) is 12.1 Å². The van der Waals surface area contributed by atoms with Gasteiger partial charge in [0.1, 0.15) is 12.4 Å². The summed E-state index contributed by atoms with van der Waals surface area (Å²) in [6.07, 6.45) is 6.07. The molecular formula is C14H18ClNO. The molecule has 0 atom stereocenters. The second-order valence-corrected chi connectivity index (χ2v) is 3.85. The van der Waals surface area contributed by atoms with Crippen molar-refractivity contribution in [3.8, 4) is 5.75 Å². The summed E-state index contributed by atoms with van der Waals surface area (Å²) in [4.78, 5) is 0. The highest BCUT2D eigenvalue weighted by molar-refractivity contribution is 5.85. The molecule has 92 valence electrons. The third-order valence-electron chi connectivity index (χ3n) is 2.84. The summed E-state index contributed by atoms with van der Waals surface area (Å²) in [6.45, 7) is 4.81. The van der Waals surface area contributed by atoms with E-state index >= 15 is 0 Å². The summed E-state index contributed by atoms with van der Waals surface area (Å²) in [7, 11) is 0. The van der Waals surface area contributed by atoms with Crippen molar-refractivity contribution in [2.45, 2.75) is 12.8 Å². The number of halogens is 1. The maximum Gasteiger partial charge on any atom is 0.123 e. The Labute approximate surface area is 109 Å². The van der Waals surface area contributed by atoms with Crippen molar-refractivity contribution in [2.75, 3.05) is 13.2 Å². The normalized spacial score (nSPS) is 13.1. The van der Waals surface area contributed by atoms with Gasteiger partial charge in [0.05, 0.1) is 0 Å². The molecule has 0 unspecified atom stereocenters. The van der Waals surface area contributed by atoms with E-state index in [4.69, 9.17) is 10.5 Å². The zero-order chi connectivity index (χ0) is 11.4. The van der Waals surface area contributed by atoms with Gasteiger partial charge in [-0.3, -0.25) is 0 Å². The summed E-state index contributed by atoms with van der Waals surface area (Å²) >= 11 is 0. The van der Waals surface area contributed by atoms with Crippen LogP contribution in [0.4, 0.5) is 0 Å². The molecule has 0 aromatic heterocycles. The van der Waals surface area contributed by atoms with Crippen LogP contribution in [0.15, 0.2) is 36.9 Å². The number of rotatable bonds is 4. The zero-order valence-electron chi connectivity index (χ0n) is 9.82. The Hall–Kier alpha value is -1.25. The van der Waals surface area contributed by atoms with E-state index in [0.717, 1.165) is 18.6 Å². The molecule has 0 heterocycles. The Balaban J connectivity index is 0.00000144. The molecule has 1 aromatic carbocycles. The predicted octanol–water partition coefficient (Wildman–Crippen LogP) is 2.96. The van der Waals surface area contributed by atoms with Crippen molar-refractivity contribution in [1.29, 1.82) is 0 Å². The van der Waals surface area contributed by atoms with E-state index in [2.05, 4.69) is 18.7 Å². The third-order valence-corrected chi connectivity index (χ3v) is 2.84. The Morgan fingerprint density at radius 1 is 1.41 bits per heavy atom. The van der Waals surface area contributed by atoms with Gasteiger partial charge in [0.2, 0.25) is 0 Å². The van der Waals surface area contributed by atoms with E-state index < -0.39 is 0 Å². The third kappa shape index (κ3) is 2.90. The van der Waals surface area contributed by atoms with E-state index in [1.54, 1.807) is 6.08 Å². The maximum absolute atomic E-state index is 5.74. The molecule has 2 rings (SSSR count). The highest BCUT2D eigenvalue weighted by atomic mass is 35.5.